The highest BCUT2D eigenvalue weighted by Gasteiger charge is 2.13. The molecule has 0 fully saturated rings. The van der Waals surface area contributed by atoms with Crippen LogP contribution in [0.25, 0.3) is 0 Å². The van der Waals surface area contributed by atoms with E-state index >= 15 is 0 Å². The number of carbonyl (C=O) groups is 2. The Labute approximate surface area is 136 Å². The summed E-state index contributed by atoms with van der Waals surface area (Å²) >= 11 is 0. The van der Waals surface area contributed by atoms with Crippen LogP contribution in [-0.4, -0.2) is 24.9 Å². The molecule has 0 aromatic heterocycles. The zero-order valence-electron chi connectivity index (χ0n) is 13.2. The second kappa shape index (κ2) is 9.08. The maximum atomic E-state index is 13.4. The van der Waals surface area contributed by atoms with Crippen molar-refractivity contribution >= 4 is 11.8 Å². The van der Waals surface area contributed by atoms with E-state index in [1.165, 1.54) is 24.5 Å². The highest BCUT2D eigenvalue weighted by atomic mass is 19.1. The Bertz CT molecular complexity index is 584. The first-order valence-electron chi connectivity index (χ1n) is 8.14. The molecule has 0 spiro atoms. The second-order valence-corrected chi connectivity index (χ2v) is 5.71. The molecule has 1 aliphatic rings. The lowest BCUT2D eigenvalue weighted by Gasteiger charge is -2.12. The molecule has 0 bridgehead atoms. The standard InChI is InChI=1S/C18H23FN2O2/c19-16-9-5-4-8-15(16)11-13-21-18(23)17(22)20-12-10-14-6-2-1-3-7-14/h4-6,8-9H,1-3,7,10-13H2,(H,20,22)(H,21,23). The summed E-state index contributed by atoms with van der Waals surface area (Å²) in [5.41, 5.74) is 1.88. The van der Waals surface area contributed by atoms with Gasteiger partial charge in [0.1, 0.15) is 5.82 Å². The van der Waals surface area contributed by atoms with Gasteiger partial charge in [-0.05, 0) is 50.2 Å². The summed E-state index contributed by atoms with van der Waals surface area (Å²) in [6.45, 7) is 0.712. The molecule has 1 aliphatic carbocycles. The number of hydrogen-bond acceptors (Lipinski definition) is 2. The zero-order valence-corrected chi connectivity index (χ0v) is 13.2. The molecule has 1 aromatic rings. The Balaban J connectivity index is 1.64. The van der Waals surface area contributed by atoms with Crippen LogP contribution in [0.2, 0.25) is 0 Å². The van der Waals surface area contributed by atoms with Crippen molar-refractivity contribution in [3.8, 4) is 0 Å². The van der Waals surface area contributed by atoms with Gasteiger partial charge in [-0.1, -0.05) is 29.8 Å². The molecule has 23 heavy (non-hydrogen) atoms. The van der Waals surface area contributed by atoms with Crippen molar-refractivity contribution in [2.24, 2.45) is 0 Å². The van der Waals surface area contributed by atoms with Crippen molar-refractivity contribution in [3.63, 3.8) is 0 Å². The third-order valence-corrected chi connectivity index (χ3v) is 3.96. The average molecular weight is 318 g/mol. The Morgan fingerprint density at radius 1 is 1.00 bits per heavy atom. The minimum Gasteiger partial charge on any atom is -0.348 e. The van der Waals surface area contributed by atoms with Crippen LogP contribution in [-0.2, 0) is 16.0 Å². The lowest BCUT2D eigenvalue weighted by Crippen LogP contribution is -2.41. The number of amides is 2. The van der Waals surface area contributed by atoms with E-state index in [2.05, 4.69) is 16.7 Å². The highest BCUT2D eigenvalue weighted by molar-refractivity contribution is 6.35. The number of allylic oxidation sites excluding steroid dienone is 1. The molecule has 0 saturated carbocycles. The van der Waals surface area contributed by atoms with Gasteiger partial charge in [0.05, 0.1) is 0 Å². The van der Waals surface area contributed by atoms with Gasteiger partial charge in [0.25, 0.3) is 0 Å². The fourth-order valence-corrected chi connectivity index (χ4v) is 2.64. The van der Waals surface area contributed by atoms with Crippen molar-refractivity contribution in [2.45, 2.75) is 38.5 Å². The van der Waals surface area contributed by atoms with Crippen LogP contribution in [0.15, 0.2) is 35.9 Å². The van der Waals surface area contributed by atoms with Gasteiger partial charge in [0.15, 0.2) is 0 Å². The molecule has 0 heterocycles. The molecule has 0 saturated heterocycles. The molecule has 124 valence electrons. The van der Waals surface area contributed by atoms with Crippen molar-refractivity contribution < 1.29 is 14.0 Å². The Hall–Kier alpha value is -2.17. The average Bonchev–Trinajstić information content (AvgIpc) is 2.57. The maximum absolute atomic E-state index is 13.4. The SMILES string of the molecule is O=C(NCCC1=CCCCC1)C(=O)NCCc1ccccc1F. The maximum Gasteiger partial charge on any atom is 0.309 e. The van der Waals surface area contributed by atoms with Crippen LogP contribution in [0.3, 0.4) is 0 Å². The van der Waals surface area contributed by atoms with Crippen LogP contribution < -0.4 is 10.6 Å². The van der Waals surface area contributed by atoms with E-state index in [4.69, 9.17) is 0 Å². The van der Waals surface area contributed by atoms with E-state index in [0.29, 0.717) is 18.5 Å². The summed E-state index contributed by atoms with van der Waals surface area (Å²) in [5, 5.41) is 5.14. The first-order chi connectivity index (χ1) is 11.2. The molecule has 2 rings (SSSR count). The lowest BCUT2D eigenvalue weighted by atomic mass is 9.97. The summed E-state index contributed by atoms with van der Waals surface area (Å²) in [7, 11) is 0. The molecule has 2 amide bonds. The van der Waals surface area contributed by atoms with Crippen molar-refractivity contribution in [2.75, 3.05) is 13.1 Å². The molecule has 0 radical (unpaired) electrons. The molecule has 0 unspecified atom stereocenters. The van der Waals surface area contributed by atoms with E-state index in [-0.39, 0.29) is 12.4 Å². The Morgan fingerprint density at radius 2 is 1.70 bits per heavy atom. The number of nitrogens with one attached hydrogen (secondary N) is 2. The Kier molecular flexibility index (Phi) is 6.78. The monoisotopic (exact) mass is 318 g/mol. The van der Waals surface area contributed by atoms with Crippen molar-refractivity contribution in [1.82, 2.24) is 10.6 Å². The van der Waals surface area contributed by atoms with Crippen LogP contribution in [0, 0.1) is 5.82 Å². The topological polar surface area (TPSA) is 58.2 Å². The van der Waals surface area contributed by atoms with Gasteiger partial charge in [-0.15, -0.1) is 0 Å². The number of halogens is 1. The van der Waals surface area contributed by atoms with Gasteiger partial charge in [-0.3, -0.25) is 9.59 Å². The molecule has 2 N–H and O–H groups in total. The first-order valence-corrected chi connectivity index (χ1v) is 8.14. The fourth-order valence-electron chi connectivity index (χ4n) is 2.64. The van der Waals surface area contributed by atoms with Gasteiger partial charge in [0, 0.05) is 13.1 Å². The van der Waals surface area contributed by atoms with Gasteiger partial charge in [0.2, 0.25) is 0 Å². The molecule has 0 aliphatic heterocycles. The summed E-state index contributed by atoms with van der Waals surface area (Å²) in [4.78, 5) is 23.3. The summed E-state index contributed by atoms with van der Waals surface area (Å²) in [5.74, 6) is -1.60. The van der Waals surface area contributed by atoms with Crippen LogP contribution in [0.5, 0.6) is 0 Å². The smallest absolute Gasteiger partial charge is 0.309 e. The van der Waals surface area contributed by atoms with Gasteiger partial charge in [-0.2, -0.15) is 0 Å². The van der Waals surface area contributed by atoms with E-state index in [1.807, 2.05) is 0 Å². The summed E-state index contributed by atoms with van der Waals surface area (Å²) < 4.78 is 13.4. The van der Waals surface area contributed by atoms with E-state index in [9.17, 15) is 14.0 Å². The highest BCUT2D eigenvalue weighted by Crippen LogP contribution is 2.19. The fraction of sp³-hybridized carbons (Fsp3) is 0.444. The third-order valence-electron chi connectivity index (χ3n) is 3.96. The minimum atomic E-state index is -0.668. The van der Waals surface area contributed by atoms with Gasteiger partial charge >= 0.3 is 11.8 Å². The van der Waals surface area contributed by atoms with Gasteiger partial charge < -0.3 is 10.6 Å². The van der Waals surface area contributed by atoms with Crippen molar-refractivity contribution in [3.05, 3.63) is 47.3 Å². The minimum absolute atomic E-state index is 0.234. The Morgan fingerprint density at radius 3 is 2.35 bits per heavy atom. The predicted molar refractivity (Wildman–Crippen MR) is 87.3 cm³/mol. The quantitative estimate of drug-likeness (QED) is 0.625. The first kappa shape index (κ1) is 17.2. The predicted octanol–water partition coefficient (Wildman–Crippen LogP) is 2.49. The van der Waals surface area contributed by atoms with E-state index < -0.39 is 11.8 Å². The van der Waals surface area contributed by atoms with Crippen LogP contribution in [0.1, 0.15) is 37.7 Å². The largest absolute Gasteiger partial charge is 0.348 e. The number of hydrogen-bond donors (Lipinski definition) is 2. The second-order valence-electron chi connectivity index (χ2n) is 5.71. The molecule has 4 nitrogen and oxygen atoms in total. The van der Waals surface area contributed by atoms with Crippen LogP contribution in [0.4, 0.5) is 4.39 Å². The third kappa shape index (κ3) is 5.85. The number of carbonyl (C=O) groups excluding carboxylic acids is 2. The van der Waals surface area contributed by atoms with Crippen molar-refractivity contribution in [1.29, 1.82) is 0 Å². The number of rotatable bonds is 6. The molecule has 5 heteroatoms. The normalized spacial score (nSPS) is 14.0. The van der Waals surface area contributed by atoms with Crippen LogP contribution >= 0.6 is 0 Å². The molecular weight excluding hydrogens is 295 g/mol. The zero-order chi connectivity index (χ0) is 16.5. The lowest BCUT2D eigenvalue weighted by molar-refractivity contribution is -0.139. The van der Waals surface area contributed by atoms with E-state index in [1.54, 1.807) is 18.2 Å². The molecule has 0 atom stereocenters. The van der Waals surface area contributed by atoms with Gasteiger partial charge in [-0.25, -0.2) is 4.39 Å². The van der Waals surface area contributed by atoms with E-state index in [0.717, 1.165) is 19.3 Å². The molecular formula is C18H23FN2O2. The number of benzene rings is 1. The summed E-state index contributed by atoms with van der Waals surface area (Å²) in [6.07, 6.45) is 8.03. The summed E-state index contributed by atoms with van der Waals surface area (Å²) in [6, 6.07) is 6.41. The molecule has 1 aromatic carbocycles.